The topological polar surface area (TPSA) is 110 Å². The molecule has 2 rings (SSSR count). The largest absolute Gasteiger partial charge is 0.508 e. The first kappa shape index (κ1) is 57.9. The number of nitrogens with zero attached hydrogens (tertiary/aromatic N) is 1. The second-order valence-electron chi connectivity index (χ2n) is 18.1. The zero-order valence-corrected chi connectivity index (χ0v) is 41.5. The lowest BCUT2D eigenvalue weighted by atomic mass is 9.99. The van der Waals surface area contributed by atoms with Crippen LogP contribution in [0.2, 0.25) is 0 Å². The Kier molecular flexibility index (Phi) is 37.6. The molecule has 2 atom stereocenters. The molecule has 0 N–H and O–H groups in total. The van der Waals surface area contributed by atoms with E-state index in [0.29, 0.717) is 26.1 Å². The van der Waals surface area contributed by atoms with Gasteiger partial charge in [0.25, 0.3) is 0 Å². The smallest absolute Gasteiger partial charge is 0.465 e. The summed E-state index contributed by atoms with van der Waals surface area (Å²) < 4.78 is 34.9. The quantitative estimate of drug-likeness (QED) is 0.0206. The van der Waals surface area contributed by atoms with Crippen LogP contribution in [0.5, 0.6) is 0 Å². The number of hydrogen-bond acceptors (Lipinski definition) is 10. The van der Waals surface area contributed by atoms with Crippen molar-refractivity contribution in [3.05, 3.63) is 60.2 Å². The minimum atomic E-state index is -0.794. The van der Waals surface area contributed by atoms with Crippen molar-refractivity contribution in [1.82, 2.24) is 4.90 Å². The maximum absolute atomic E-state index is 13.1. The number of benzene rings is 1. The maximum Gasteiger partial charge on any atom is 0.508 e. The SMILES string of the molecule is CCCC/C=C\C/C=C\CCCCCCCC(=O)OCC(COC(=O)CCC(OCCCCCCCC)OCCCCCCCC)COC(=O)OCC(CN1CCCC1)c1ccccc1. The van der Waals surface area contributed by atoms with Gasteiger partial charge in [0.2, 0.25) is 0 Å². The van der Waals surface area contributed by atoms with E-state index >= 15 is 0 Å². The van der Waals surface area contributed by atoms with Crippen LogP contribution in [-0.4, -0.2) is 88.6 Å². The van der Waals surface area contributed by atoms with Gasteiger partial charge in [0.15, 0.2) is 6.29 Å². The van der Waals surface area contributed by atoms with Gasteiger partial charge in [-0.1, -0.05) is 172 Å². The molecule has 2 unspecified atom stereocenters. The summed E-state index contributed by atoms with van der Waals surface area (Å²) in [6.45, 7) is 10.7. The first-order valence-electron chi connectivity index (χ1n) is 26.4. The van der Waals surface area contributed by atoms with Crippen LogP contribution < -0.4 is 0 Å². The first-order chi connectivity index (χ1) is 31.9. The van der Waals surface area contributed by atoms with Crippen LogP contribution in [0.1, 0.15) is 206 Å². The Morgan fingerprint density at radius 2 is 1.06 bits per heavy atom. The molecule has 65 heavy (non-hydrogen) atoms. The molecule has 0 amide bonds. The zero-order valence-electron chi connectivity index (χ0n) is 41.5. The minimum Gasteiger partial charge on any atom is -0.465 e. The molecular weight excluding hydrogens is 819 g/mol. The highest BCUT2D eigenvalue weighted by Gasteiger charge is 2.23. The zero-order chi connectivity index (χ0) is 46.7. The van der Waals surface area contributed by atoms with Crippen molar-refractivity contribution in [1.29, 1.82) is 0 Å². The molecule has 0 radical (unpaired) electrons. The fourth-order valence-corrected chi connectivity index (χ4v) is 7.90. The number of hydrogen-bond donors (Lipinski definition) is 0. The fraction of sp³-hybridized carbons (Fsp3) is 0.764. The molecule has 1 saturated heterocycles. The van der Waals surface area contributed by atoms with Gasteiger partial charge in [-0.2, -0.15) is 0 Å². The highest BCUT2D eigenvalue weighted by atomic mass is 16.7. The number of esters is 2. The molecule has 1 aromatic rings. The van der Waals surface area contributed by atoms with Gasteiger partial charge in [-0.05, 0) is 76.4 Å². The predicted molar refractivity (Wildman–Crippen MR) is 264 cm³/mol. The van der Waals surface area contributed by atoms with E-state index in [1.807, 2.05) is 18.2 Å². The molecule has 0 spiro atoms. The summed E-state index contributed by atoms with van der Waals surface area (Å²) >= 11 is 0. The number of carbonyl (C=O) groups excluding carboxylic acids is 3. The molecule has 1 aliphatic heterocycles. The molecule has 1 aliphatic rings. The van der Waals surface area contributed by atoms with Crippen molar-refractivity contribution < 1.29 is 42.8 Å². The lowest BCUT2D eigenvalue weighted by Gasteiger charge is -2.24. The molecule has 1 fully saturated rings. The fourth-order valence-electron chi connectivity index (χ4n) is 7.90. The van der Waals surface area contributed by atoms with E-state index in [2.05, 4.69) is 62.1 Å². The van der Waals surface area contributed by atoms with Crippen LogP contribution >= 0.6 is 0 Å². The molecule has 10 heteroatoms. The van der Waals surface area contributed by atoms with E-state index in [0.717, 1.165) is 95.8 Å². The van der Waals surface area contributed by atoms with Crippen molar-refractivity contribution >= 4 is 18.1 Å². The van der Waals surface area contributed by atoms with E-state index in [-0.39, 0.29) is 44.7 Å². The summed E-state index contributed by atoms with van der Waals surface area (Å²) in [5, 5.41) is 0. The molecule has 10 nitrogen and oxygen atoms in total. The van der Waals surface area contributed by atoms with Gasteiger partial charge in [-0.3, -0.25) is 9.59 Å². The van der Waals surface area contributed by atoms with Gasteiger partial charge in [-0.25, -0.2) is 4.79 Å². The van der Waals surface area contributed by atoms with Crippen LogP contribution in [-0.2, 0) is 38.0 Å². The molecule has 1 heterocycles. The summed E-state index contributed by atoms with van der Waals surface area (Å²) in [5.41, 5.74) is 1.11. The van der Waals surface area contributed by atoms with Gasteiger partial charge in [0.05, 0.1) is 12.3 Å². The number of carbonyl (C=O) groups is 3. The summed E-state index contributed by atoms with van der Waals surface area (Å²) in [6.07, 6.45) is 35.8. The summed E-state index contributed by atoms with van der Waals surface area (Å²) in [6, 6.07) is 10.1. The van der Waals surface area contributed by atoms with Crippen LogP contribution in [0.15, 0.2) is 54.6 Å². The number of ether oxygens (including phenoxy) is 6. The number of allylic oxidation sites excluding steroid dienone is 4. The number of likely N-dealkylation sites (tertiary alicyclic amines) is 1. The Hall–Kier alpha value is -3.21. The van der Waals surface area contributed by atoms with Crippen LogP contribution in [0, 0.1) is 5.92 Å². The summed E-state index contributed by atoms with van der Waals surface area (Å²) in [7, 11) is 0. The van der Waals surface area contributed by atoms with E-state index in [4.69, 9.17) is 28.4 Å². The third-order valence-electron chi connectivity index (χ3n) is 12.0. The molecule has 0 bridgehead atoms. The maximum atomic E-state index is 13.1. The van der Waals surface area contributed by atoms with Crippen molar-refractivity contribution in [2.75, 3.05) is 59.3 Å². The lowest BCUT2D eigenvalue weighted by Crippen LogP contribution is -2.30. The van der Waals surface area contributed by atoms with Crippen molar-refractivity contribution in [2.24, 2.45) is 5.92 Å². The van der Waals surface area contributed by atoms with Gasteiger partial charge in [0.1, 0.15) is 26.4 Å². The Morgan fingerprint density at radius 3 is 1.68 bits per heavy atom. The standard InChI is InChI=1S/C55H93NO9/c1-4-7-10-13-16-17-18-19-20-21-22-23-24-30-37-52(57)62-45-49(47-64-55(59)65-48-51(44-56-40-31-32-41-56)50-35-28-27-29-36-50)46-63-53(58)38-39-54(60-42-33-25-14-11-8-5-2)61-43-34-26-15-12-9-6-3/h13,16,18-19,27-29,35-36,49,51,54H,4-12,14-15,17,20-26,30-34,37-48H2,1-3H3/b16-13-,19-18-. The highest BCUT2D eigenvalue weighted by molar-refractivity contribution is 5.69. The molecule has 0 aliphatic carbocycles. The molecule has 372 valence electrons. The van der Waals surface area contributed by atoms with Gasteiger partial charge < -0.3 is 33.3 Å². The highest BCUT2D eigenvalue weighted by Crippen LogP contribution is 2.21. The molecule has 0 aromatic heterocycles. The first-order valence-corrected chi connectivity index (χ1v) is 26.4. The predicted octanol–water partition coefficient (Wildman–Crippen LogP) is 14.0. The molecular formula is C55H93NO9. The summed E-state index contributed by atoms with van der Waals surface area (Å²) in [4.78, 5) is 41.3. The average molecular weight is 912 g/mol. The van der Waals surface area contributed by atoms with Crippen LogP contribution in [0.3, 0.4) is 0 Å². The Morgan fingerprint density at radius 1 is 0.554 bits per heavy atom. The van der Waals surface area contributed by atoms with E-state index in [9.17, 15) is 14.4 Å². The van der Waals surface area contributed by atoms with Gasteiger partial charge in [0, 0.05) is 38.5 Å². The molecule has 1 aromatic carbocycles. The Labute approximate surface area is 396 Å². The van der Waals surface area contributed by atoms with E-state index in [1.54, 1.807) is 0 Å². The Balaban J connectivity index is 1.87. The summed E-state index contributed by atoms with van der Waals surface area (Å²) in [5.74, 6) is -1.24. The van der Waals surface area contributed by atoms with E-state index < -0.39 is 24.3 Å². The van der Waals surface area contributed by atoms with Crippen molar-refractivity contribution in [2.45, 2.75) is 206 Å². The third-order valence-corrected chi connectivity index (χ3v) is 12.0. The second kappa shape index (κ2) is 42.2. The van der Waals surface area contributed by atoms with Crippen molar-refractivity contribution in [3.63, 3.8) is 0 Å². The van der Waals surface area contributed by atoms with Crippen LogP contribution in [0.4, 0.5) is 4.79 Å². The van der Waals surface area contributed by atoms with Gasteiger partial charge in [-0.15, -0.1) is 0 Å². The monoisotopic (exact) mass is 912 g/mol. The Bertz CT molecular complexity index is 1310. The number of rotatable bonds is 43. The van der Waals surface area contributed by atoms with Gasteiger partial charge >= 0.3 is 18.1 Å². The molecule has 0 saturated carbocycles. The second-order valence-corrected chi connectivity index (χ2v) is 18.1. The average Bonchev–Trinajstić information content (AvgIpc) is 3.84. The minimum absolute atomic E-state index is 0.0114. The van der Waals surface area contributed by atoms with E-state index in [1.165, 1.54) is 83.5 Å². The third kappa shape index (κ3) is 33.8. The number of unbranched alkanes of at least 4 members (excludes halogenated alkanes) is 17. The lowest BCUT2D eigenvalue weighted by molar-refractivity contribution is -0.161. The van der Waals surface area contributed by atoms with Crippen LogP contribution in [0.25, 0.3) is 0 Å². The normalized spacial score (nSPS) is 14.1. The van der Waals surface area contributed by atoms with Crippen molar-refractivity contribution in [3.8, 4) is 0 Å².